The summed E-state index contributed by atoms with van der Waals surface area (Å²) in [7, 11) is 4.05. The quantitative estimate of drug-likeness (QED) is 0.615. The van der Waals surface area contributed by atoms with E-state index in [1.54, 1.807) is 12.1 Å². The lowest BCUT2D eigenvalue weighted by Crippen LogP contribution is -2.45. The van der Waals surface area contributed by atoms with Crippen molar-refractivity contribution in [2.75, 3.05) is 45.2 Å². The molecule has 2 aromatic carbocycles. The Morgan fingerprint density at radius 1 is 1.00 bits per heavy atom. The van der Waals surface area contributed by atoms with Crippen LogP contribution in [0.3, 0.4) is 0 Å². The second-order valence-corrected chi connectivity index (χ2v) is 8.55. The van der Waals surface area contributed by atoms with E-state index >= 15 is 0 Å². The highest BCUT2D eigenvalue weighted by Gasteiger charge is 2.24. The molecule has 0 unspecified atom stereocenters. The van der Waals surface area contributed by atoms with Gasteiger partial charge in [0.2, 0.25) is 0 Å². The van der Waals surface area contributed by atoms with Gasteiger partial charge >= 0.3 is 0 Å². The minimum atomic E-state index is -0.137. The summed E-state index contributed by atoms with van der Waals surface area (Å²) in [6, 6.07) is 14.9. The second-order valence-electron chi connectivity index (χ2n) is 8.14. The van der Waals surface area contributed by atoms with Crippen LogP contribution in [0.5, 0.6) is 0 Å². The number of anilines is 1. The number of carbonyl (C=O) groups excluding carboxylic acids is 2. The first-order chi connectivity index (χ1) is 15.0. The molecule has 1 heterocycles. The van der Waals surface area contributed by atoms with E-state index in [0.29, 0.717) is 22.7 Å². The predicted octanol–water partition coefficient (Wildman–Crippen LogP) is 3.42. The SMILES string of the molecule is CN(C)CCCNC(=O)c1ccccc1N1CCC(NC(=O)c2ccccc2Cl)CC1. The van der Waals surface area contributed by atoms with Crippen LogP contribution in [0.1, 0.15) is 40.0 Å². The third-order valence-corrected chi connectivity index (χ3v) is 5.84. The van der Waals surface area contributed by atoms with Gasteiger partial charge in [-0.2, -0.15) is 0 Å². The van der Waals surface area contributed by atoms with Crippen LogP contribution in [-0.2, 0) is 0 Å². The molecule has 166 valence electrons. The van der Waals surface area contributed by atoms with Crippen molar-refractivity contribution in [2.24, 2.45) is 0 Å². The van der Waals surface area contributed by atoms with Gasteiger partial charge in [0.25, 0.3) is 11.8 Å². The number of carbonyl (C=O) groups is 2. The summed E-state index contributed by atoms with van der Waals surface area (Å²) >= 11 is 6.14. The smallest absolute Gasteiger partial charge is 0.253 e. The van der Waals surface area contributed by atoms with Gasteiger partial charge < -0.3 is 20.4 Å². The van der Waals surface area contributed by atoms with Crippen LogP contribution in [0.15, 0.2) is 48.5 Å². The summed E-state index contributed by atoms with van der Waals surface area (Å²) in [6.45, 7) is 3.15. The van der Waals surface area contributed by atoms with Crippen molar-refractivity contribution in [3.8, 4) is 0 Å². The topological polar surface area (TPSA) is 64.7 Å². The van der Waals surface area contributed by atoms with Crippen LogP contribution in [0.4, 0.5) is 5.69 Å². The molecule has 6 nitrogen and oxygen atoms in total. The van der Waals surface area contributed by atoms with E-state index in [1.807, 2.05) is 50.5 Å². The second kappa shape index (κ2) is 11.2. The number of hydrogen-bond donors (Lipinski definition) is 2. The van der Waals surface area contributed by atoms with E-state index < -0.39 is 0 Å². The van der Waals surface area contributed by atoms with E-state index in [0.717, 1.165) is 44.6 Å². The van der Waals surface area contributed by atoms with Crippen molar-refractivity contribution in [2.45, 2.75) is 25.3 Å². The average molecular weight is 443 g/mol. The summed E-state index contributed by atoms with van der Waals surface area (Å²) in [5.74, 6) is -0.176. The summed E-state index contributed by atoms with van der Waals surface area (Å²) in [4.78, 5) is 29.6. The zero-order valence-corrected chi connectivity index (χ0v) is 19.0. The van der Waals surface area contributed by atoms with Gasteiger partial charge in [-0.15, -0.1) is 0 Å². The lowest BCUT2D eigenvalue weighted by atomic mass is 10.0. The molecule has 1 saturated heterocycles. The third kappa shape index (κ3) is 6.45. The maximum Gasteiger partial charge on any atom is 0.253 e. The number of benzene rings is 2. The molecule has 0 saturated carbocycles. The molecule has 7 heteroatoms. The van der Waals surface area contributed by atoms with Gasteiger partial charge in [0, 0.05) is 31.4 Å². The molecule has 0 aliphatic carbocycles. The number of halogens is 1. The van der Waals surface area contributed by atoms with Crippen LogP contribution < -0.4 is 15.5 Å². The molecule has 2 N–H and O–H groups in total. The number of nitrogens with one attached hydrogen (secondary N) is 2. The first-order valence-corrected chi connectivity index (χ1v) is 11.2. The molecule has 2 amide bonds. The monoisotopic (exact) mass is 442 g/mol. The first-order valence-electron chi connectivity index (χ1n) is 10.8. The summed E-state index contributed by atoms with van der Waals surface area (Å²) in [5, 5.41) is 6.59. The maximum absolute atomic E-state index is 12.7. The zero-order chi connectivity index (χ0) is 22.2. The van der Waals surface area contributed by atoms with Gasteiger partial charge in [0.05, 0.1) is 16.1 Å². The van der Waals surface area contributed by atoms with Crippen LogP contribution in [0.2, 0.25) is 5.02 Å². The van der Waals surface area contributed by atoms with Crippen molar-refractivity contribution >= 4 is 29.1 Å². The molecule has 0 aromatic heterocycles. The summed E-state index contributed by atoms with van der Waals surface area (Å²) in [6.07, 6.45) is 2.54. The molecule has 0 spiro atoms. The fraction of sp³-hybridized carbons (Fsp3) is 0.417. The molecule has 31 heavy (non-hydrogen) atoms. The largest absolute Gasteiger partial charge is 0.371 e. The highest BCUT2D eigenvalue weighted by atomic mass is 35.5. The average Bonchev–Trinajstić information content (AvgIpc) is 2.77. The van der Waals surface area contributed by atoms with E-state index in [4.69, 9.17) is 11.6 Å². The van der Waals surface area contributed by atoms with E-state index in [-0.39, 0.29) is 17.9 Å². The Hall–Kier alpha value is -2.57. The fourth-order valence-electron chi connectivity index (χ4n) is 3.81. The highest BCUT2D eigenvalue weighted by molar-refractivity contribution is 6.33. The Bertz CT molecular complexity index is 895. The molecule has 0 radical (unpaired) electrons. The number of hydrogen-bond acceptors (Lipinski definition) is 4. The van der Waals surface area contributed by atoms with Gasteiger partial charge in [-0.05, 0) is 64.2 Å². The van der Waals surface area contributed by atoms with Gasteiger partial charge in [0.15, 0.2) is 0 Å². The summed E-state index contributed by atoms with van der Waals surface area (Å²) in [5.41, 5.74) is 2.15. The first kappa shape index (κ1) is 23.1. The maximum atomic E-state index is 12.7. The number of rotatable bonds is 8. The molecular formula is C24H31ClN4O2. The zero-order valence-electron chi connectivity index (χ0n) is 18.2. The molecule has 0 bridgehead atoms. The van der Waals surface area contributed by atoms with Gasteiger partial charge in [-0.25, -0.2) is 0 Å². The Morgan fingerprint density at radius 2 is 1.65 bits per heavy atom. The van der Waals surface area contributed by atoms with E-state index in [1.165, 1.54) is 0 Å². The third-order valence-electron chi connectivity index (χ3n) is 5.51. The van der Waals surface area contributed by atoms with Gasteiger partial charge in [0.1, 0.15) is 0 Å². The molecular weight excluding hydrogens is 412 g/mol. The van der Waals surface area contributed by atoms with Crippen LogP contribution >= 0.6 is 11.6 Å². The Morgan fingerprint density at radius 3 is 2.32 bits per heavy atom. The number of nitrogens with zero attached hydrogens (tertiary/aromatic N) is 2. The minimum absolute atomic E-state index is 0.0384. The molecule has 3 rings (SSSR count). The Balaban J connectivity index is 1.55. The van der Waals surface area contributed by atoms with E-state index in [9.17, 15) is 9.59 Å². The molecule has 1 aliphatic rings. The van der Waals surface area contributed by atoms with Crippen molar-refractivity contribution in [3.63, 3.8) is 0 Å². The number of piperidine rings is 1. The lowest BCUT2D eigenvalue weighted by molar-refractivity contribution is 0.0929. The Kier molecular flexibility index (Phi) is 8.32. The molecule has 2 aromatic rings. The molecule has 1 fully saturated rings. The van der Waals surface area contributed by atoms with Crippen LogP contribution in [0.25, 0.3) is 0 Å². The normalized spacial score (nSPS) is 14.5. The Labute approximate surface area is 189 Å². The van der Waals surface area contributed by atoms with Crippen molar-refractivity contribution in [1.82, 2.24) is 15.5 Å². The minimum Gasteiger partial charge on any atom is -0.371 e. The summed E-state index contributed by atoms with van der Waals surface area (Å²) < 4.78 is 0. The standard InChI is InChI=1S/C24H31ClN4O2/c1-28(2)15-7-14-26-23(30)20-9-4-6-11-22(20)29-16-12-18(13-17-29)27-24(31)19-8-3-5-10-21(19)25/h3-6,8-11,18H,7,12-17H2,1-2H3,(H,26,30)(H,27,31). The number of amides is 2. The van der Waals surface area contributed by atoms with Crippen molar-refractivity contribution in [3.05, 3.63) is 64.7 Å². The lowest BCUT2D eigenvalue weighted by Gasteiger charge is -2.35. The van der Waals surface area contributed by atoms with Crippen molar-refractivity contribution < 1.29 is 9.59 Å². The van der Waals surface area contributed by atoms with Crippen molar-refractivity contribution in [1.29, 1.82) is 0 Å². The molecule has 0 atom stereocenters. The van der Waals surface area contributed by atoms with Crippen LogP contribution in [0, 0.1) is 0 Å². The van der Waals surface area contributed by atoms with Crippen LogP contribution in [-0.4, -0.2) is 63.0 Å². The highest BCUT2D eigenvalue weighted by Crippen LogP contribution is 2.25. The van der Waals surface area contributed by atoms with Gasteiger partial charge in [-0.3, -0.25) is 9.59 Å². The van der Waals surface area contributed by atoms with Gasteiger partial charge in [-0.1, -0.05) is 35.9 Å². The van der Waals surface area contributed by atoms with E-state index in [2.05, 4.69) is 20.4 Å². The molecule has 1 aliphatic heterocycles. The predicted molar refractivity (Wildman–Crippen MR) is 126 cm³/mol. The fourth-order valence-corrected chi connectivity index (χ4v) is 4.03. The number of para-hydroxylation sites is 1.